The van der Waals surface area contributed by atoms with Gasteiger partial charge >= 0.3 is 0 Å². The van der Waals surface area contributed by atoms with Crippen molar-refractivity contribution in [3.05, 3.63) is 93.5 Å². The van der Waals surface area contributed by atoms with Gasteiger partial charge in [-0.15, -0.1) is 0 Å². The highest BCUT2D eigenvalue weighted by Gasteiger charge is 2.27. The molecule has 0 aliphatic carbocycles. The predicted octanol–water partition coefficient (Wildman–Crippen LogP) is 6.44. The zero-order valence-corrected chi connectivity index (χ0v) is 26.8. The van der Waals surface area contributed by atoms with Gasteiger partial charge in [-0.3, -0.25) is 14.2 Å². The van der Waals surface area contributed by atoms with Crippen LogP contribution in [0.1, 0.15) is 61.1 Å². The van der Waals surface area contributed by atoms with Crippen LogP contribution in [0.2, 0.25) is 5.02 Å². The van der Waals surface area contributed by atoms with Crippen molar-refractivity contribution in [1.82, 2.24) is 29.9 Å². The van der Waals surface area contributed by atoms with Gasteiger partial charge in [0.2, 0.25) is 5.91 Å². The maximum Gasteiger partial charge on any atom is 0.282 e. The molecule has 3 aromatic heterocycles. The first kappa shape index (κ1) is 35.2. The molecular weight excluding hydrogens is 676 g/mol. The SMILES string of the molecule is Cn1nc(N)c2c(Cl)ccc(-c3ccc(C#CC(C)(C)O)nc3[C@H](Cc3cc(F)cc(F)c3)NC(=O)Cn3nc(C(F)F)cc3C(F)F)c21. The number of hydrogen-bond acceptors (Lipinski definition) is 6. The number of fused-ring (bicyclic) bond motifs is 1. The first-order chi connectivity index (χ1) is 23.0. The molecule has 1 amide bonds. The molecule has 5 rings (SSSR count). The van der Waals surface area contributed by atoms with Gasteiger partial charge < -0.3 is 16.2 Å². The van der Waals surface area contributed by atoms with Crippen molar-refractivity contribution in [1.29, 1.82) is 0 Å². The Hall–Kier alpha value is -5.07. The number of amides is 1. The number of rotatable bonds is 9. The lowest BCUT2D eigenvalue weighted by atomic mass is 9.93. The van der Waals surface area contributed by atoms with Crippen molar-refractivity contribution < 1.29 is 36.2 Å². The number of aromatic nitrogens is 5. The maximum absolute atomic E-state index is 14.3. The topological polar surface area (TPSA) is 124 Å². The largest absolute Gasteiger partial charge is 0.382 e. The van der Waals surface area contributed by atoms with Crippen LogP contribution in [-0.2, 0) is 24.8 Å². The van der Waals surface area contributed by atoms with Gasteiger partial charge in [-0.05, 0) is 68.2 Å². The normalized spacial score (nSPS) is 12.4. The second kappa shape index (κ2) is 13.8. The minimum absolute atomic E-state index is 0.0851. The minimum Gasteiger partial charge on any atom is -0.382 e. The molecule has 49 heavy (non-hydrogen) atoms. The molecule has 2 aromatic carbocycles. The summed E-state index contributed by atoms with van der Waals surface area (Å²) in [7, 11) is 1.63. The second-order valence-corrected chi connectivity index (χ2v) is 12.0. The average molecular weight is 704 g/mol. The van der Waals surface area contributed by atoms with E-state index in [1.165, 1.54) is 18.5 Å². The molecule has 1 atom stereocenters. The van der Waals surface area contributed by atoms with Gasteiger partial charge in [-0.1, -0.05) is 23.6 Å². The molecule has 0 aliphatic heterocycles. The molecular formula is C33H28ClF6N7O2. The fraction of sp³-hybridized carbons (Fsp3) is 0.273. The number of benzene rings is 2. The molecule has 256 valence electrons. The van der Waals surface area contributed by atoms with E-state index < -0.39 is 60.0 Å². The number of anilines is 1. The van der Waals surface area contributed by atoms with Crippen LogP contribution in [0.5, 0.6) is 0 Å². The van der Waals surface area contributed by atoms with Crippen molar-refractivity contribution in [3.8, 4) is 23.0 Å². The van der Waals surface area contributed by atoms with E-state index in [-0.39, 0.29) is 29.2 Å². The van der Waals surface area contributed by atoms with E-state index in [0.29, 0.717) is 43.9 Å². The number of nitrogens with one attached hydrogen (secondary N) is 1. The van der Waals surface area contributed by atoms with Crippen molar-refractivity contribution in [2.75, 3.05) is 5.73 Å². The number of nitrogens with two attached hydrogens (primary N) is 1. The molecule has 4 N–H and O–H groups in total. The lowest BCUT2D eigenvalue weighted by Crippen LogP contribution is -2.34. The number of nitrogens with zero attached hydrogens (tertiary/aromatic N) is 5. The highest BCUT2D eigenvalue weighted by atomic mass is 35.5. The van der Waals surface area contributed by atoms with Crippen molar-refractivity contribution in [2.45, 2.75) is 51.3 Å². The number of hydrogen-bond donors (Lipinski definition) is 3. The molecule has 0 aliphatic rings. The maximum atomic E-state index is 14.3. The monoisotopic (exact) mass is 703 g/mol. The van der Waals surface area contributed by atoms with Crippen LogP contribution >= 0.6 is 11.6 Å². The third kappa shape index (κ3) is 7.98. The molecule has 3 heterocycles. The van der Waals surface area contributed by atoms with Crippen molar-refractivity contribution in [2.24, 2.45) is 7.05 Å². The van der Waals surface area contributed by atoms with Gasteiger partial charge in [0.25, 0.3) is 12.9 Å². The second-order valence-electron chi connectivity index (χ2n) is 11.6. The number of pyridine rings is 1. The summed E-state index contributed by atoms with van der Waals surface area (Å²) in [6.45, 7) is 2.00. The molecule has 0 radical (unpaired) electrons. The zero-order chi connectivity index (χ0) is 35.8. The highest BCUT2D eigenvalue weighted by molar-refractivity contribution is 6.37. The van der Waals surface area contributed by atoms with E-state index in [4.69, 9.17) is 17.3 Å². The number of aryl methyl sites for hydroxylation is 1. The Kier molecular flexibility index (Phi) is 9.93. The number of carbonyl (C=O) groups excluding carboxylic acids is 1. The van der Waals surface area contributed by atoms with Crippen molar-refractivity contribution >= 4 is 34.2 Å². The fourth-order valence-electron chi connectivity index (χ4n) is 5.30. The summed E-state index contributed by atoms with van der Waals surface area (Å²) in [4.78, 5) is 18.2. The Morgan fingerprint density at radius 3 is 2.33 bits per heavy atom. The minimum atomic E-state index is -3.23. The van der Waals surface area contributed by atoms with Crippen LogP contribution in [-0.4, -0.2) is 41.2 Å². The van der Waals surface area contributed by atoms with Crippen LogP contribution in [0.25, 0.3) is 22.0 Å². The molecule has 16 heteroatoms. The van der Waals surface area contributed by atoms with Gasteiger partial charge in [-0.2, -0.15) is 10.2 Å². The summed E-state index contributed by atoms with van der Waals surface area (Å²) >= 11 is 6.46. The van der Waals surface area contributed by atoms with Gasteiger partial charge in [0.15, 0.2) is 5.82 Å². The average Bonchev–Trinajstić information content (AvgIpc) is 3.56. The third-order valence-corrected chi connectivity index (χ3v) is 7.59. The molecule has 5 aromatic rings. The lowest BCUT2D eigenvalue weighted by molar-refractivity contribution is -0.122. The Labute approximate surface area is 280 Å². The van der Waals surface area contributed by atoms with Gasteiger partial charge in [0.05, 0.1) is 27.7 Å². The van der Waals surface area contributed by atoms with Crippen LogP contribution in [0.15, 0.2) is 48.5 Å². The summed E-state index contributed by atoms with van der Waals surface area (Å²) in [6.07, 6.45) is -6.68. The molecule has 9 nitrogen and oxygen atoms in total. The lowest BCUT2D eigenvalue weighted by Gasteiger charge is -2.23. The van der Waals surface area contributed by atoms with E-state index in [1.54, 1.807) is 31.3 Å². The first-order valence-corrected chi connectivity index (χ1v) is 14.9. The number of alkyl halides is 4. The number of halogens is 7. The van der Waals surface area contributed by atoms with Crippen LogP contribution in [0, 0.1) is 23.5 Å². The highest BCUT2D eigenvalue weighted by Crippen LogP contribution is 2.39. The van der Waals surface area contributed by atoms with E-state index in [1.807, 2.05) is 0 Å². The standard InChI is InChI=1S/C33H28ClF6N7O2/c1-33(2,49)9-8-19-4-5-20(21-6-7-22(34)27-29(21)46(3)45-32(27)41)28(42-19)23(12-16-10-17(35)13-18(36)11-16)43-26(48)15-47-25(31(39)40)14-24(44-47)30(37)38/h4-7,10-11,13-14,23,30-31,49H,12,15H2,1-3H3,(H2,41,45)(H,43,48)/t23-/m0/s1. The first-order valence-electron chi connectivity index (χ1n) is 14.6. The molecule has 0 bridgehead atoms. The van der Waals surface area contributed by atoms with E-state index in [9.17, 15) is 36.2 Å². The Morgan fingerprint density at radius 1 is 1.02 bits per heavy atom. The molecule has 0 unspecified atom stereocenters. The number of nitrogen functional groups attached to an aromatic ring is 1. The fourth-order valence-corrected chi connectivity index (χ4v) is 5.55. The third-order valence-electron chi connectivity index (χ3n) is 7.27. The molecule has 0 saturated heterocycles. The number of carbonyl (C=O) groups is 1. The summed E-state index contributed by atoms with van der Waals surface area (Å²) in [5.41, 5.74) is 4.52. The predicted molar refractivity (Wildman–Crippen MR) is 170 cm³/mol. The summed E-state index contributed by atoms with van der Waals surface area (Å²) < 4.78 is 84.6. The molecule has 0 saturated carbocycles. The Morgan fingerprint density at radius 2 is 1.69 bits per heavy atom. The van der Waals surface area contributed by atoms with Crippen LogP contribution in [0.4, 0.5) is 32.2 Å². The quantitative estimate of drug-likeness (QED) is 0.120. The van der Waals surface area contributed by atoms with Crippen LogP contribution in [0.3, 0.4) is 0 Å². The summed E-state index contributed by atoms with van der Waals surface area (Å²) in [5, 5.41) is 21.3. The van der Waals surface area contributed by atoms with E-state index in [2.05, 4.69) is 32.3 Å². The van der Waals surface area contributed by atoms with E-state index >= 15 is 0 Å². The van der Waals surface area contributed by atoms with E-state index in [0.717, 1.165) is 12.1 Å². The number of aliphatic hydroxyl groups is 1. The molecule has 0 spiro atoms. The molecule has 0 fully saturated rings. The van der Waals surface area contributed by atoms with Gasteiger partial charge in [0.1, 0.15) is 40.9 Å². The smallest absolute Gasteiger partial charge is 0.282 e. The zero-order valence-electron chi connectivity index (χ0n) is 26.1. The van der Waals surface area contributed by atoms with Gasteiger partial charge in [0, 0.05) is 24.2 Å². The Balaban J connectivity index is 1.69. The van der Waals surface area contributed by atoms with Crippen molar-refractivity contribution in [3.63, 3.8) is 0 Å². The van der Waals surface area contributed by atoms with Crippen LogP contribution < -0.4 is 11.1 Å². The Bertz CT molecular complexity index is 2090. The van der Waals surface area contributed by atoms with Gasteiger partial charge in [-0.25, -0.2) is 31.3 Å². The summed E-state index contributed by atoms with van der Waals surface area (Å²) in [6, 6.07) is 8.40. The summed E-state index contributed by atoms with van der Waals surface area (Å²) in [5.74, 6) is 2.77.